The molecule has 7 heteroatoms. The Balaban J connectivity index is 3.06. The Morgan fingerprint density at radius 3 is 1.90 bits per heavy atom. The van der Waals surface area contributed by atoms with Crippen LogP contribution in [0.5, 0.6) is 0 Å². The fraction of sp³-hybridized carbons (Fsp3) is 0. The first-order valence-electron chi connectivity index (χ1n) is 2.46. The average Bonchev–Trinajstić information content (AvgIpc) is 1.85. The minimum absolute atomic E-state index is 0.0421. The summed E-state index contributed by atoms with van der Waals surface area (Å²) in [4.78, 5) is 10.7. The molecule has 0 aliphatic rings. The highest BCUT2D eigenvalue weighted by Crippen LogP contribution is 2.00. The third kappa shape index (κ3) is 1.20. The first-order valence-corrected chi connectivity index (χ1v) is 2.46. The molecule has 0 aromatic carbocycles. The van der Waals surface area contributed by atoms with Crippen molar-refractivity contribution in [3.8, 4) is 0 Å². The first-order chi connectivity index (χ1) is 4.72. The number of nitrogens with one attached hydrogen (secondary N) is 1. The summed E-state index contributed by atoms with van der Waals surface area (Å²) in [5.41, 5.74) is 12.6. The lowest BCUT2D eigenvalue weighted by molar-refractivity contribution is 1.06. The molecule has 0 bridgehead atoms. The van der Waals surface area contributed by atoms with Crippen LogP contribution in [0.4, 0.5) is 17.8 Å². The Morgan fingerprint density at radius 2 is 1.50 bits per heavy atom. The third-order valence-electron chi connectivity index (χ3n) is 0.799. The van der Waals surface area contributed by atoms with Crippen molar-refractivity contribution in [2.75, 3.05) is 16.9 Å². The van der Waals surface area contributed by atoms with Gasteiger partial charge in [0.05, 0.1) is 0 Å². The molecule has 1 aromatic rings. The van der Waals surface area contributed by atoms with Crippen LogP contribution in [0.3, 0.4) is 0 Å². The van der Waals surface area contributed by atoms with Gasteiger partial charge in [-0.15, -0.1) is 0 Å². The van der Waals surface area contributed by atoms with E-state index in [9.17, 15) is 0 Å². The molecule has 0 spiro atoms. The van der Waals surface area contributed by atoms with Gasteiger partial charge in [-0.25, -0.2) is 5.84 Å². The molecule has 0 radical (unpaired) electrons. The van der Waals surface area contributed by atoms with E-state index >= 15 is 0 Å². The van der Waals surface area contributed by atoms with Crippen LogP contribution in [0.2, 0.25) is 0 Å². The summed E-state index contributed by atoms with van der Waals surface area (Å²) in [7, 11) is 0. The summed E-state index contributed by atoms with van der Waals surface area (Å²) in [6.07, 6.45) is 0. The van der Waals surface area contributed by atoms with Crippen molar-refractivity contribution >= 4 is 17.8 Å². The minimum atomic E-state index is 0.0421. The molecule has 0 saturated carbocycles. The molecule has 0 amide bonds. The Hall–Kier alpha value is -1.63. The molecule has 0 aliphatic heterocycles. The van der Waals surface area contributed by atoms with Gasteiger partial charge < -0.3 is 11.5 Å². The van der Waals surface area contributed by atoms with Gasteiger partial charge in [0.25, 0.3) is 0 Å². The van der Waals surface area contributed by atoms with Crippen molar-refractivity contribution in [2.45, 2.75) is 0 Å². The molecule has 0 atom stereocenters. The molecule has 0 fully saturated rings. The summed E-state index contributed by atoms with van der Waals surface area (Å²) in [6, 6.07) is 0. The van der Waals surface area contributed by atoms with Crippen molar-refractivity contribution in [1.29, 1.82) is 0 Å². The van der Waals surface area contributed by atoms with Crippen molar-refractivity contribution in [3.05, 3.63) is 0 Å². The summed E-state index contributed by atoms with van der Waals surface area (Å²) < 4.78 is 0. The van der Waals surface area contributed by atoms with Gasteiger partial charge in [-0.2, -0.15) is 15.0 Å². The largest absolute Gasteiger partial charge is 0.368 e. The average molecular weight is 141 g/mol. The van der Waals surface area contributed by atoms with Gasteiger partial charge in [-0.05, 0) is 0 Å². The normalized spacial score (nSPS) is 9.30. The van der Waals surface area contributed by atoms with Gasteiger partial charge in [0.15, 0.2) is 0 Å². The number of nitrogens with two attached hydrogens (primary N) is 3. The van der Waals surface area contributed by atoms with E-state index in [1.165, 1.54) is 0 Å². The van der Waals surface area contributed by atoms with E-state index in [2.05, 4.69) is 20.4 Å². The number of aromatic nitrogens is 3. The molecule has 1 aromatic heterocycles. The van der Waals surface area contributed by atoms with Crippen molar-refractivity contribution in [3.63, 3.8) is 0 Å². The number of nitrogens with zero attached hydrogens (tertiary/aromatic N) is 3. The number of hydrogen-bond acceptors (Lipinski definition) is 7. The van der Waals surface area contributed by atoms with E-state index in [0.29, 0.717) is 0 Å². The second-order valence-corrected chi connectivity index (χ2v) is 1.52. The highest BCUT2D eigenvalue weighted by atomic mass is 15.3. The highest BCUT2D eigenvalue weighted by molar-refractivity contribution is 5.35. The van der Waals surface area contributed by atoms with E-state index < -0.39 is 0 Å². The predicted molar refractivity (Wildman–Crippen MR) is 36.5 cm³/mol. The van der Waals surface area contributed by atoms with Gasteiger partial charge in [-0.3, -0.25) is 5.43 Å². The van der Waals surface area contributed by atoms with Crippen molar-refractivity contribution < 1.29 is 0 Å². The smallest absolute Gasteiger partial charge is 0.243 e. The van der Waals surface area contributed by atoms with E-state index in [-0.39, 0.29) is 17.8 Å². The number of hydrogen-bond donors (Lipinski definition) is 4. The predicted octanol–water partition coefficient (Wildman–Crippen LogP) is -1.68. The summed E-state index contributed by atoms with van der Waals surface area (Å²) in [5, 5.41) is 0. The SMILES string of the molecule is NNc1nc(N)nc(N)n1. The van der Waals surface area contributed by atoms with Crippen LogP contribution < -0.4 is 22.7 Å². The summed E-state index contributed by atoms with van der Waals surface area (Å²) in [6.45, 7) is 0. The monoisotopic (exact) mass is 141 g/mol. The lowest BCUT2D eigenvalue weighted by atomic mass is 10.8. The van der Waals surface area contributed by atoms with Gasteiger partial charge >= 0.3 is 0 Å². The molecule has 10 heavy (non-hydrogen) atoms. The molecule has 7 N–H and O–H groups in total. The molecule has 54 valence electrons. The Morgan fingerprint density at radius 1 is 1.00 bits per heavy atom. The number of rotatable bonds is 1. The first kappa shape index (κ1) is 6.49. The van der Waals surface area contributed by atoms with Gasteiger partial charge in [0.2, 0.25) is 17.8 Å². The zero-order chi connectivity index (χ0) is 7.56. The maximum absolute atomic E-state index is 5.20. The Kier molecular flexibility index (Phi) is 1.50. The molecule has 1 rings (SSSR count). The van der Waals surface area contributed by atoms with E-state index in [1.807, 2.05) is 0 Å². The molecule has 0 unspecified atom stereocenters. The van der Waals surface area contributed by atoms with Crippen LogP contribution in [0.25, 0.3) is 0 Å². The highest BCUT2D eigenvalue weighted by Gasteiger charge is 1.96. The second kappa shape index (κ2) is 2.31. The van der Waals surface area contributed by atoms with Crippen LogP contribution in [0, 0.1) is 0 Å². The Labute approximate surface area is 56.6 Å². The van der Waals surface area contributed by atoms with Crippen LogP contribution in [0.1, 0.15) is 0 Å². The molecular weight excluding hydrogens is 134 g/mol. The lowest BCUT2D eigenvalue weighted by Crippen LogP contribution is -2.13. The van der Waals surface area contributed by atoms with E-state index in [4.69, 9.17) is 17.3 Å². The second-order valence-electron chi connectivity index (χ2n) is 1.52. The maximum Gasteiger partial charge on any atom is 0.243 e. The van der Waals surface area contributed by atoms with E-state index in [0.717, 1.165) is 0 Å². The molecule has 0 saturated heterocycles. The van der Waals surface area contributed by atoms with Crippen LogP contribution in [-0.2, 0) is 0 Å². The summed E-state index contributed by atoms with van der Waals surface area (Å²) >= 11 is 0. The quantitative estimate of drug-likeness (QED) is 0.271. The number of anilines is 3. The van der Waals surface area contributed by atoms with Crippen molar-refractivity contribution in [1.82, 2.24) is 15.0 Å². The third-order valence-corrected chi connectivity index (χ3v) is 0.799. The fourth-order valence-corrected chi connectivity index (χ4v) is 0.474. The van der Waals surface area contributed by atoms with Gasteiger partial charge in [0, 0.05) is 0 Å². The zero-order valence-corrected chi connectivity index (χ0v) is 5.07. The number of nitrogen functional groups attached to an aromatic ring is 3. The maximum atomic E-state index is 5.20. The number of hydrazine groups is 1. The lowest BCUT2D eigenvalue weighted by Gasteiger charge is -1.98. The molecule has 7 nitrogen and oxygen atoms in total. The van der Waals surface area contributed by atoms with E-state index in [1.54, 1.807) is 0 Å². The van der Waals surface area contributed by atoms with Crippen LogP contribution in [-0.4, -0.2) is 15.0 Å². The molecule has 0 aliphatic carbocycles. The zero-order valence-electron chi connectivity index (χ0n) is 5.07. The van der Waals surface area contributed by atoms with Gasteiger partial charge in [0.1, 0.15) is 0 Å². The molecular formula is C3H7N7. The standard InChI is InChI=1S/C3H7N7/c4-1-7-2(5)9-3(8-1)10-6/h6H2,(H5,4,5,7,8,9,10). The Bertz CT molecular complexity index is 212. The molecule has 1 heterocycles. The van der Waals surface area contributed by atoms with Crippen LogP contribution >= 0.6 is 0 Å². The topological polar surface area (TPSA) is 129 Å². The van der Waals surface area contributed by atoms with Crippen molar-refractivity contribution in [2.24, 2.45) is 5.84 Å². The van der Waals surface area contributed by atoms with Gasteiger partial charge in [-0.1, -0.05) is 0 Å². The minimum Gasteiger partial charge on any atom is -0.368 e. The fourth-order valence-electron chi connectivity index (χ4n) is 0.474. The van der Waals surface area contributed by atoms with Crippen LogP contribution in [0.15, 0.2) is 0 Å². The summed E-state index contributed by atoms with van der Waals surface area (Å²) in [5.74, 6) is 5.22.